The van der Waals surface area contributed by atoms with Gasteiger partial charge in [0.15, 0.2) is 0 Å². The summed E-state index contributed by atoms with van der Waals surface area (Å²) in [7, 11) is 1.59. The minimum absolute atomic E-state index is 0.0778. The number of carbonyl (C=O) groups is 1. The Hall–Kier alpha value is -2.09. The maximum Gasteiger partial charge on any atom is 0.239 e. The molecule has 0 atom stereocenters. The number of nitriles is 1. The molecule has 1 rings (SSSR count). The standard InChI is InChI=1S/C11H14N4O/c1-3-15(8-11(16)13-2)10-6-9(7-12)4-5-14-10/h4-6H,3,8H2,1-2H3,(H,13,16). The summed E-state index contributed by atoms with van der Waals surface area (Å²) in [6.45, 7) is 2.84. The number of hydrogen-bond acceptors (Lipinski definition) is 4. The highest BCUT2D eigenvalue weighted by atomic mass is 16.1. The molecule has 1 amide bonds. The van der Waals surface area contributed by atoms with Gasteiger partial charge in [0.1, 0.15) is 5.82 Å². The van der Waals surface area contributed by atoms with Crippen molar-refractivity contribution in [2.45, 2.75) is 6.92 Å². The molecule has 0 fully saturated rings. The van der Waals surface area contributed by atoms with Gasteiger partial charge in [-0.1, -0.05) is 0 Å². The Morgan fingerprint density at radius 3 is 3.00 bits per heavy atom. The van der Waals surface area contributed by atoms with Crippen LogP contribution in [0.15, 0.2) is 18.3 Å². The molecule has 84 valence electrons. The smallest absolute Gasteiger partial charge is 0.239 e. The van der Waals surface area contributed by atoms with Crippen LogP contribution in [0.5, 0.6) is 0 Å². The summed E-state index contributed by atoms with van der Waals surface area (Å²) in [5, 5.41) is 11.3. The van der Waals surface area contributed by atoms with E-state index in [9.17, 15) is 4.79 Å². The highest BCUT2D eigenvalue weighted by Crippen LogP contribution is 2.11. The molecule has 0 saturated carbocycles. The molecular weight excluding hydrogens is 204 g/mol. The minimum atomic E-state index is -0.0778. The summed E-state index contributed by atoms with van der Waals surface area (Å²) in [5.74, 6) is 0.566. The molecule has 0 saturated heterocycles. The Bertz CT molecular complexity index is 411. The van der Waals surface area contributed by atoms with Crippen molar-refractivity contribution in [1.82, 2.24) is 10.3 Å². The van der Waals surface area contributed by atoms with E-state index in [1.807, 2.05) is 13.0 Å². The molecule has 0 unspecified atom stereocenters. The number of rotatable bonds is 4. The zero-order valence-electron chi connectivity index (χ0n) is 9.40. The maximum atomic E-state index is 11.3. The van der Waals surface area contributed by atoms with E-state index in [1.165, 1.54) is 0 Å². The maximum absolute atomic E-state index is 11.3. The molecule has 5 heteroatoms. The number of carbonyl (C=O) groups excluding carboxylic acids is 1. The van der Waals surface area contributed by atoms with Gasteiger partial charge >= 0.3 is 0 Å². The summed E-state index contributed by atoms with van der Waals surface area (Å²) >= 11 is 0. The number of anilines is 1. The molecule has 16 heavy (non-hydrogen) atoms. The quantitative estimate of drug-likeness (QED) is 0.800. The molecule has 0 radical (unpaired) electrons. The fourth-order valence-corrected chi connectivity index (χ4v) is 1.27. The lowest BCUT2D eigenvalue weighted by atomic mass is 10.3. The fraction of sp³-hybridized carbons (Fsp3) is 0.364. The van der Waals surface area contributed by atoms with Crippen LogP contribution < -0.4 is 10.2 Å². The first kappa shape index (κ1) is 12.0. The van der Waals surface area contributed by atoms with Gasteiger partial charge in [-0.15, -0.1) is 0 Å². The van der Waals surface area contributed by atoms with Crippen molar-refractivity contribution in [3.05, 3.63) is 23.9 Å². The monoisotopic (exact) mass is 218 g/mol. The van der Waals surface area contributed by atoms with E-state index in [2.05, 4.69) is 10.3 Å². The van der Waals surface area contributed by atoms with Gasteiger partial charge < -0.3 is 10.2 Å². The van der Waals surface area contributed by atoms with Gasteiger partial charge in [0.05, 0.1) is 18.2 Å². The summed E-state index contributed by atoms with van der Waals surface area (Å²) in [6, 6.07) is 5.36. The molecule has 0 spiro atoms. The number of pyridine rings is 1. The Labute approximate surface area is 94.7 Å². The van der Waals surface area contributed by atoms with E-state index >= 15 is 0 Å². The lowest BCUT2D eigenvalue weighted by Gasteiger charge is -2.20. The molecular formula is C11H14N4O. The highest BCUT2D eigenvalue weighted by Gasteiger charge is 2.10. The Balaban J connectivity index is 2.86. The predicted octanol–water partition coefficient (Wildman–Crippen LogP) is 0.526. The van der Waals surface area contributed by atoms with E-state index in [0.717, 1.165) is 0 Å². The van der Waals surface area contributed by atoms with Crippen LogP contribution in [0.25, 0.3) is 0 Å². The number of likely N-dealkylation sites (N-methyl/N-ethyl adjacent to an activating group) is 2. The van der Waals surface area contributed by atoms with E-state index in [0.29, 0.717) is 17.9 Å². The number of nitrogens with one attached hydrogen (secondary N) is 1. The molecule has 0 aromatic carbocycles. The minimum Gasteiger partial charge on any atom is -0.358 e. The molecule has 0 aliphatic carbocycles. The Morgan fingerprint density at radius 2 is 2.44 bits per heavy atom. The van der Waals surface area contributed by atoms with Crippen LogP contribution in [0.1, 0.15) is 12.5 Å². The van der Waals surface area contributed by atoms with Crippen molar-refractivity contribution in [2.24, 2.45) is 0 Å². The van der Waals surface area contributed by atoms with Crippen LogP contribution in [0.3, 0.4) is 0 Å². The van der Waals surface area contributed by atoms with Crippen LogP contribution in [-0.2, 0) is 4.79 Å². The van der Waals surface area contributed by atoms with E-state index in [4.69, 9.17) is 5.26 Å². The van der Waals surface area contributed by atoms with Crippen LogP contribution >= 0.6 is 0 Å². The second-order valence-corrected chi connectivity index (χ2v) is 3.20. The predicted molar refractivity (Wildman–Crippen MR) is 60.9 cm³/mol. The molecule has 1 N–H and O–H groups in total. The van der Waals surface area contributed by atoms with Crippen molar-refractivity contribution in [3.63, 3.8) is 0 Å². The van der Waals surface area contributed by atoms with Gasteiger partial charge in [0, 0.05) is 19.8 Å². The SMILES string of the molecule is CCN(CC(=O)NC)c1cc(C#N)ccn1. The van der Waals surface area contributed by atoms with Gasteiger partial charge in [-0.2, -0.15) is 5.26 Å². The first-order valence-corrected chi connectivity index (χ1v) is 5.03. The van der Waals surface area contributed by atoms with Crippen LogP contribution in [0, 0.1) is 11.3 Å². The highest BCUT2D eigenvalue weighted by molar-refractivity contribution is 5.80. The van der Waals surface area contributed by atoms with Gasteiger partial charge in [-0.05, 0) is 19.1 Å². The molecule has 0 aliphatic heterocycles. The second-order valence-electron chi connectivity index (χ2n) is 3.20. The molecule has 1 aromatic rings. The van der Waals surface area contributed by atoms with Gasteiger partial charge in [0.2, 0.25) is 5.91 Å². The zero-order chi connectivity index (χ0) is 12.0. The summed E-state index contributed by atoms with van der Waals surface area (Å²) in [5.41, 5.74) is 0.542. The van der Waals surface area contributed by atoms with Gasteiger partial charge in [0.25, 0.3) is 0 Å². The second kappa shape index (κ2) is 5.71. The zero-order valence-corrected chi connectivity index (χ0v) is 9.40. The van der Waals surface area contributed by atoms with Gasteiger partial charge in [-0.25, -0.2) is 4.98 Å². The van der Waals surface area contributed by atoms with Crippen molar-refractivity contribution in [3.8, 4) is 6.07 Å². The molecule has 5 nitrogen and oxygen atoms in total. The van der Waals surface area contributed by atoms with Crippen molar-refractivity contribution in [1.29, 1.82) is 5.26 Å². The van der Waals surface area contributed by atoms with Crippen LogP contribution in [0.2, 0.25) is 0 Å². The third-order valence-corrected chi connectivity index (χ3v) is 2.19. The Kier molecular flexibility index (Phi) is 4.28. The topological polar surface area (TPSA) is 69.0 Å². The van der Waals surface area contributed by atoms with Crippen molar-refractivity contribution in [2.75, 3.05) is 25.0 Å². The fourth-order valence-electron chi connectivity index (χ4n) is 1.27. The molecule has 0 bridgehead atoms. The number of nitrogens with zero attached hydrogens (tertiary/aromatic N) is 3. The summed E-state index contributed by atoms with van der Waals surface area (Å²) in [6.07, 6.45) is 1.57. The largest absolute Gasteiger partial charge is 0.358 e. The van der Waals surface area contributed by atoms with E-state index in [-0.39, 0.29) is 12.5 Å². The molecule has 1 aromatic heterocycles. The first-order chi connectivity index (χ1) is 7.71. The molecule has 0 aliphatic rings. The number of hydrogen-bond donors (Lipinski definition) is 1. The third-order valence-electron chi connectivity index (χ3n) is 2.19. The summed E-state index contributed by atoms with van der Waals surface area (Å²) in [4.78, 5) is 17.2. The Morgan fingerprint density at radius 1 is 1.69 bits per heavy atom. The number of aromatic nitrogens is 1. The average Bonchev–Trinajstić information content (AvgIpc) is 2.35. The van der Waals surface area contributed by atoms with Gasteiger partial charge in [-0.3, -0.25) is 4.79 Å². The molecule has 1 heterocycles. The number of amides is 1. The van der Waals surface area contributed by atoms with Crippen molar-refractivity contribution >= 4 is 11.7 Å². The van der Waals surface area contributed by atoms with Crippen LogP contribution in [-0.4, -0.2) is 31.0 Å². The lowest BCUT2D eigenvalue weighted by molar-refractivity contribution is -0.119. The van der Waals surface area contributed by atoms with E-state index in [1.54, 1.807) is 30.3 Å². The first-order valence-electron chi connectivity index (χ1n) is 5.03. The van der Waals surface area contributed by atoms with Crippen LogP contribution in [0.4, 0.5) is 5.82 Å². The average molecular weight is 218 g/mol. The van der Waals surface area contributed by atoms with Crippen molar-refractivity contribution < 1.29 is 4.79 Å². The lowest BCUT2D eigenvalue weighted by Crippen LogP contribution is -2.35. The van der Waals surface area contributed by atoms with E-state index < -0.39 is 0 Å². The third kappa shape index (κ3) is 2.95. The summed E-state index contributed by atoms with van der Waals surface area (Å²) < 4.78 is 0. The normalized spacial score (nSPS) is 9.31.